The minimum Gasteiger partial charge on any atom is -0.371 e. The lowest BCUT2D eigenvalue weighted by Gasteiger charge is -2.23. The highest BCUT2D eigenvalue weighted by Gasteiger charge is 2.21. The zero-order valence-corrected chi connectivity index (χ0v) is 15.1. The first-order chi connectivity index (χ1) is 11.0. The zero-order valence-electron chi connectivity index (χ0n) is 14.3. The minimum atomic E-state index is 0.261. The topological polar surface area (TPSA) is 20.3 Å². The molecule has 1 atom stereocenters. The Kier molecular flexibility index (Phi) is 4.58. The number of hydrogen-bond acceptors (Lipinski definition) is 3. The fourth-order valence-electron chi connectivity index (χ4n) is 3.48. The molecule has 0 fully saturated rings. The quantitative estimate of drug-likeness (QED) is 0.753. The van der Waals surface area contributed by atoms with Gasteiger partial charge in [-0.1, -0.05) is 25.5 Å². The first-order valence-electron chi connectivity index (χ1n) is 8.43. The van der Waals surface area contributed by atoms with Crippen molar-refractivity contribution in [2.24, 2.45) is 5.92 Å². The number of fused-ring (bicyclic) bond motifs is 2. The van der Waals surface area contributed by atoms with Crippen LogP contribution in [0.5, 0.6) is 0 Å². The summed E-state index contributed by atoms with van der Waals surface area (Å²) in [5.74, 6) is 0.741. The molecule has 1 aromatic carbocycles. The molecule has 0 saturated carbocycles. The van der Waals surface area contributed by atoms with Crippen LogP contribution in [0.3, 0.4) is 0 Å². The predicted molar refractivity (Wildman–Crippen MR) is 102 cm³/mol. The fraction of sp³-hybridized carbons (Fsp3) is 0.450. The van der Waals surface area contributed by atoms with E-state index in [-0.39, 0.29) is 5.43 Å². The second kappa shape index (κ2) is 6.48. The fourth-order valence-corrected chi connectivity index (χ4v) is 4.83. The molecule has 2 nitrogen and oxygen atoms in total. The van der Waals surface area contributed by atoms with Crippen molar-refractivity contribution >= 4 is 27.1 Å². The lowest BCUT2D eigenvalue weighted by Crippen LogP contribution is -2.21. The summed E-state index contributed by atoms with van der Waals surface area (Å²) in [7, 11) is 2.07. The lowest BCUT2D eigenvalue weighted by molar-refractivity contribution is 0.448. The molecule has 1 aliphatic carbocycles. The Hall–Kier alpha value is -1.61. The average molecular weight is 327 g/mol. The third-order valence-corrected chi connectivity index (χ3v) is 6.07. The number of likely N-dealkylation sites (N-methyl/N-ethyl adjacent to an activating group) is 1. The maximum atomic E-state index is 12.8. The van der Waals surface area contributed by atoms with Crippen LogP contribution in [-0.2, 0) is 12.8 Å². The van der Waals surface area contributed by atoms with E-state index in [9.17, 15) is 4.79 Å². The smallest absolute Gasteiger partial charge is 0.191 e. The van der Waals surface area contributed by atoms with Gasteiger partial charge in [0.25, 0.3) is 0 Å². The Morgan fingerprint density at radius 3 is 2.91 bits per heavy atom. The van der Waals surface area contributed by atoms with Gasteiger partial charge in [-0.3, -0.25) is 4.79 Å². The monoisotopic (exact) mass is 327 g/mol. The molecule has 1 aromatic heterocycles. The molecule has 23 heavy (non-hydrogen) atoms. The summed E-state index contributed by atoms with van der Waals surface area (Å²) in [5, 5.41) is 0.885. The van der Waals surface area contributed by atoms with E-state index in [2.05, 4.69) is 37.6 Å². The number of hydrogen-bond donors (Lipinski definition) is 0. The molecule has 0 amide bonds. The summed E-state index contributed by atoms with van der Waals surface area (Å²) in [6.45, 7) is 9.11. The Balaban J connectivity index is 2.06. The second-order valence-corrected chi connectivity index (χ2v) is 7.98. The molecule has 0 N–H and O–H groups in total. The van der Waals surface area contributed by atoms with Crippen LogP contribution in [0.4, 0.5) is 5.69 Å². The van der Waals surface area contributed by atoms with Crippen LogP contribution in [0.2, 0.25) is 0 Å². The average Bonchev–Trinajstić information content (AvgIpc) is 2.53. The number of benzene rings is 1. The first-order valence-corrected chi connectivity index (χ1v) is 9.25. The molecular weight excluding hydrogens is 302 g/mol. The Morgan fingerprint density at radius 2 is 2.22 bits per heavy atom. The molecule has 1 heterocycles. The summed E-state index contributed by atoms with van der Waals surface area (Å²) in [4.78, 5) is 16.3. The van der Waals surface area contributed by atoms with Gasteiger partial charge in [-0.25, -0.2) is 0 Å². The number of anilines is 1. The van der Waals surface area contributed by atoms with E-state index in [0.717, 1.165) is 58.6 Å². The molecule has 3 rings (SSSR count). The van der Waals surface area contributed by atoms with Crippen LogP contribution >= 0.6 is 11.3 Å². The third-order valence-electron chi connectivity index (χ3n) is 4.86. The van der Waals surface area contributed by atoms with E-state index in [4.69, 9.17) is 0 Å². The van der Waals surface area contributed by atoms with Crippen molar-refractivity contribution < 1.29 is 0 Å². The molecule has 3 heteroatoms. The van der Waals surface area contributed by atoms with E-state index in [1.165, 1.54) is 11.3 Å². The van der Waals surface area contributed by atoms with Crippen LogP contribution in [0.1, 0.15) is 37.1 Å². The normalized spacial score (nSPS) is 17.1. The van der Waals surface area contributed by atoms with Crippen molar-refractivity contribution in [1.82, 2.24) is 0 Å². The number of nitrogens with zero attached hydrogens (tertiary/aromatic N) is 1. The lowest BCUT2D eigenvalue weighted by atomic mass is 9.87. The van der Waals surface area contributed by atoms with E-state index < -0.39 is 0 Å². The molecule has 0 saturated heterocycles. The van der Waals surface area contributed by atoms with Gasteiger partial charge >= 0.3 is 0 Å². The van der Waals surface area contributed by atoms with Crippen molar-refractivity contribution in [3.8, 4) is 0 Å². The van der Waals surface area contributed by atoms with Gasteiger partial charge in [-0.15, -0.1) is 11.3 Å². The summed E-state index contributed by atoms with van der Waals surface area (Å²) >= 11 is 1.82. The molecule has 0 bridgehead atoms. The van der Waals surface area contributed by atoms with E-state index in [0.29, 0.717) is 0 Å². The SMILES string of the molecule is C=C(C)CN(C)c1ccc2c(=O)c3c(sc2c1)CC(CC)CC3. The highest BCUT2D eigenvalue weighted by molar-refractivity contribution is 7.18. The van der Waals surface area contributed by atoms with Gasteiger partial charge in [0.05, 0.1) is 0 Å². The van der Waals surface area contributed by atoms with Crippen molar-refractivity contribution in [3.05, 3.63) is 51.0 Å². The highest BCUT2D eigenvalue weighted by Crippen LogP contribution is 2.33. The van der Waals surface area contributed by atoms with Crippen LogP contribution in [0.15, 0.2) is 35.1 Å². The van der Waals surface area contributed by atoms with E-state index in [1.54, 1.807) is 0 Å². The largest absolute Gasteiger partial charge is 0.371 e. The van der Waals surface area contributed by atoms with Gasteiger partial charge in [-0.05, 0) is 50.3 Å². The van der Waals surface area contributed by atoms with Crippen molar-refractivity contribution in [1.29, 1.82) is 0 Å². The molecular formula is C20H25NOS. The maximum absolute atomic E-state index is 12.8. The van der Waals surface area contributed by atoms with Gasteiger partial charge < -0.3 is 4.90 Å². The van der Waals surface area contributed by atoms with Crippen molar-refractivity contribution in [2.75, 3.05) is 18.5 Å². The van der Waals surface area contributed by atoms with Gasteiger partial charge in [0.2, 0.25) is 0 Å². The Labute approximate surface area is 142 Å². The molecule has 1 aliphatic rings. The van der Waals surface area contributed by atoms with Crippen LogP contribution in [0.25, 0.3) is 10.1 Å². The predicted octanol–water partition coefficient (Wildman–Crippen LogP) is 4.79. The molecule has 0 aliphatic heterocycles. The van der Waals surface area contributed by atoms with Crippen molar-refractivity contribution in [3.63, 3.8) is 0 Å². The second-order valence-electron chi connectivity index (χ2n) is 6.84. The zero-order chi connectivity index (χ0) is 16.6. The van der Waals surface area contributed by atoms with Gasteiger partial charge in [-0.2, -0.15) is 0 Å². The molecule has 0 spiro atoms. The van der Waals surface area contributed by atoms with Crippen molar-refractivity contribution in [2.45, 2.75) is 39.5 Å². The van der Waals surface area contributed by atoms with Crippen LogP contribution in [0, 0.1) is 5.92 Å². The molecule has 2 aromatic rings. The molecule has 0 radical (unpaired) electrons. The number of rotatable bonds is 4. The maximum Gasteiger partial charge on any atom is 0.191 e. The highest BCUT2D eigenvalue weighted by atomic mass is 32.1. The van der Waals surface area contributed by atoms with E-state index in [1.807, 2.05) is 24.3 Å². The Bertz CT molecular complexity index is 805. The Morgan fingerprint density at radius 1 is 1.43 bits per heavy atom. The van der Waals surface area contributed by atoms with Crippen LogP contribution < -0.4 is 10.3 Å². The van der Waals surface area contributed by atoms with Gasteiger partial charge in [0.1, 0.15) is 0 Å². The summed E-state index contributed by atoms with van der Waals surface area (Å²) in [6.07, 6.45) is 4.40. The van der Waals surface area contributed by atoms with E-state index >= 15 is 0 Å². The standard InChI is InChI=1S/C20H25NOS/c1-5-14-6-8-16-18(10-14)23-19-11-15(21(4)12-13(2)3)7-9-17(19)20(16)22/h7,9,11,14H,2,5-6,8,10,12H2,1,3-4H3. The summed E-state index contributed by atoms with van der Waals surface area (Å²) in [5.41, 5.74) is 3.63. The van der Waals surface area contributed by atoms with Crippen LogP contribution in [-0.4, -0.2) is 13.6 Å². The molecule has 122 valence electrons. The third kappa shape index (κ3) is 3.20. The van der Waals surface area contributed by atoms with Gasteiger partial charge in [0.15, 0.2) is 5.43 Å². The minimum absolute atomic E-state index is 0.261. The first kappa shape index (κ1) is 16.3. The molecule has 1 unspecified atom stereocenters. The summed E-state index contributed by atoms with van der Waals surface area (Å²) < 4.78 is 1.12. The van der Waals surface area contributed by atoms with Gasteiger partial charge in [0, 0.05) is 39.8 Å². The summed E-state index contributed by atoms with van der Waals surface area (Å²) in [6, 6.07) is 6.23.